The highest BCUT2D eigenvalue weighted by Crippen LogP contribution is 2.20. The molecule has 0 saturated heterocycles. The van der Waals surface area contributed by atoms with Gasteiger partial charge >= 0.3 is 0 Å². The Bertz CT molecular complexity index is 683. The molecule has 1 aromatic heterocycles. The zero-order chi connectivity index (χ0) is 14.7. The van der Waals surface area contributed by atoms with Crippen molar-refractivity contribution in [3.05, 3.63) is 42.2 Å². The van der Waals surface area contributed by atoms with Crippen LogP contribution in [0.25, 0.3) is 5.69 Å². The van der Waals surface area contributed by atoms with Crippen LogP contribution in [0.5, 0.6) is 0 Å². The molecule has 0 fully saturated rings. The van der Waals surface area contributed by atoms with Crippen LogP contribution in [-0.4, -0.2) is 21.5 Å². The lowest BCUT2D eigenvalue weighted by Gasteiger charge is -2.04. The Morgan fingerprint density at radius 1 is 1.30 bits per heavy atom. The molecular weight excluding hydrogens is 261 g/mol. The van der Waals surface area contributed by atoms with Crippen LogP contribution in [0.4, 0.5) is 10.1 Å². The van der Waals surface area contributed by atoms with E-state index in [4.69, 9.17) is 17.2 Å². The molecule has 8 heteroatoms. The fourth-order valence-corrected chi connectivity index (χ4v) is 1.62. The van der Waals surface area contributed by atoms with E-state index in [-0.39, 0.29) is 11.9 Å². The Morgan fingerprint density at radius 2 is 2.05 bits per heavy atom. The molecule has 0 spiro atoms. The summed E-state index contributed by atoms with van der Waals surface area (Å²) in [6, 6.07) is 4.40. The van der Waals surface area contributed by atoms with Crippen molar-refractivity contribution in [3.63, 3.8) is 0 Å². The van der Waals surface area contributed by atoms with Crippen LogP contribution in [0.2, 0.25) is 0 Å². The van der Waals surface area contributed by atoms with Crippen molar-refractivity contribution in [2.24, 2.45) is 27.2 Å². The number of nitrogens with zero attached hydrogens (tertiary/aromatic N) is 4. The highest BCUT2D eigenvalue weighted by Gasteiger charge is 2.06. The van der Waals surface area contributed by atoms with Crippen LogP contribution < -0.4 is 17.2 Å². The van der Waals surface area contributed by atoms with Gasteiger partial charge in [-0.3, -0.25) is 0 Å². The monoisotopic (exact) mass is 275 g/mol. The van der Waals surface area contributed by atoms with Gasteiger partial charge in [-0.15, -0.1) is 0 Å². The second-order valence-electron chi connectivity index (χ2n) is 4.06. The van der Waals surface area contributed by atoms with Crippen molar-refractivity contribution in [1.82, 2.24) is 9.55 Å². The minimum atomic E-state index is -0.457. The van der Waals surface area contributed by atoms with Gasteiger partial charge in [-0.25, -0.2) is 14.4 Å². The number of nitrogens with two attached hydrogens (primary N) is 3. The summed E-state index contributed by atoms with van der Waals surface area (Å²) < 4.78 is 15.6. The first kappa shape index (κ1) is 13.5. The molecule has 0 aliphatic rings. The maximum atomic E-state index is 14.0. The second kappa shape index (κ2) is 5.39. The summed E-state index contributed by atoms with van der Waals surface area (Å²) in [7, 11) is 0. The van der Waals surface area contributed by atoms with E-state index in [1.807, 2.05) is 6.92 Å². The topological polar surface area (TPSA) is 121 Å². The van der Waals surface area contributed by atoms with Crippen LogP contribution in [0.15, 0.2) is 40.7 Å². The third-order valence-electron chi connectivity index (χ3n) is 2.41. The van der Waals surface area contributed by atoms with Gasteiger partial charge in [0.05, 0.1) is 23.4 Å². The van der Waals surface area contributed by atoms with E-state index in [2.05, 4.69) is 15.0 Å². The van der Waals surface area contributed by atoms with E-state index in [0.717, 1.165) is 5.69 Å². The summed E-state index contributed by atoms with van der Waals surface area (Å²) in [4.78, 5) is 11.5. The molecular formula is C12H14FN7. The lowest BCUT2D eigenvalue weighted by Crippen LogP contribution is -2.26. The van der Waals surface area contributed by atoms with E-state index < -0.39 is 5.82 Å². The third-order valence-corrected chi connectivity index (χ3v) is 2.41. The zero-order valence-corrected chi connectivity index (χ0v) is 10.8. The van der Waals surface area contributed by atoms with Crippen molar-refractivity contribution in [3.8, 4) is 5.69 Å². The number of imidazole rings is 1. The van der Waals surface area contributed by atoms with Gasteiger partial charge in [0, 0.05) is 12.3 Å². The fourth-order valence-electron chi connectivity index (χ4n) is 1.62. The first-order valence-electron chi connectivity index (χ1n) is 5.70. The van der Waals surface area contributed by atoms with Crippen molar-refractivity contribution in [2.45, 2.75) is 6.92 Å². The zero-order valence-electron chi connectivity index (χ0n) is 10.8. The van der Waals surface area contributed by atoms with Crippen molar-refractivity contribution >= 4 is 17.6 Å². The number of guanidine groups is 2. The molecule has 1 aromatic carbocycles. The van der Waals surface area contributed by atoms with Gasteiger partial charge in [-0.1, -0.05) is 0 Å². The molecule has 7 nitrogen and oxygen atoms in total. The first-order chi connectivity index (χ1) is 9.45. The number of aryl methyl sites for hydroxylation is 1. The number of hydrogen-bond donors (Lipinski definition) is 3. The molecule has 0 aliphatic carbocycles. The van der Waals surface area contributed by atoms with Crippen LogP contribution in [-0.2, 0) is 0 Å². The maximum absolute atomic E-state index is 14.0. The molecule has 2 rings (SSSR count). The molecule has 0 bridgehead atoms. The average molecular weight is 275 g/mol. The molecule has 0 unspecified atom stereocenters. The highest BCUT2D eigenvalue weighted by atomic mass is 19.1. The Morgan fingerprint density at radius 3 is 2.60 bits per heavy atom. The van der Waals surface area contributed by atoms with Crippen LogP contribution in [0, 0.1) is 12.7 Å². The molecule has 20 heavy (non-hydrogen) atoms. The second-order valence-corrected chi connectivity index (χ2v) is 4.06. The third kappa shape index (κ3) is 3.10. The van der Waals surface area contributed by atoms with Gasteiger partial charge < -0.3 is 21.8 Å². The molecule has 1 heterocycles. The summed E-state index contributed by atoms with van der Waals surface area (Å²) in [5.74, 6) is -0.811. The van der Waals surface area contributed by atoms with Crippen molar-refractivity contribution < 1.29 is 4.39 Å². The quantitative estimate of drug-likeness (QED) is 0.547. The van der Waals surface area contributed by atoms with Crippen molar-refractivity contribution in [1.29, 1.82) is 0 Å². The predicted molar refractivity (Wildman–Crippen MR) is 75.4 cm³/mol. The Balaban J connectivity index is 2.33. The van der Waals surface area contributed by atoms with E-state index in [1.165, 1.54) is 12.4 Å². The smallest absolute Gasteiger partial charge is 0.223 e. The summed E-state index contributed by atoms with van der Waals surface area (Å²) in [6.45, 7) is 1.82. The summed E-state index contributed by atoms with van der Waals surface area (Å²) in [5, 5.41) is 0. The van der Waals surface area contributed by atoms with Crippen LogP contribution in [0.3, 0.4) is 0 Å². The Labute approximate surface area is 114 Å². The average Bonchev–Trinajstić information content (AvgIpc) is 2.74. The van der Waals surface area contributed by atoms with Crippen molar-refractivity contribution in [2.75, 3.05) is 0 Å². The van der Waals surface area contributed by atoms with Gasteiger partial charge in [-0.2, -0.15) is 4.99 Å². The summed E-state index contributed by atoms with van der Waals surface area (Å²) in [5.41, 5.74) is 17.3. The molecule has 0 amide bonds. The highest BCUT2D eigenvalue weighted by molar-refractivity contribution is 5.93. The SMILES string of the molecule is Cc1cn(-c2ccc(N=C(N)N=C(N)N)cc2F)cn1. The maximum Gasteiger partial charge on any atom is 0.223 e. The van der Waals surface area contributed by atoms with Crippen LogP contribution in [0.1, 0.15) is 5.69 Å². The minimum absolute atomic E-state index is 0.143. The lowest BCUT2D eigenvalue weighted by molar-refractivity contribution is 0.618. The number of rotatable bonds is 2. The van der Waals surface area contributed by atoms with Crippen LogP contribution >= 0.6 is 0 Å². The van der Waals surface area contributed by atoms with Gasteiger partial charge in [0.2, 0.25) is 5.96 Å². The van der Waals surface area contributed by atoms with Gasteiger partial charge in [-0.05, 0) is 19.1 Å². The molecule has 0 radical (unpaired) electrons. The molecule has 104 valence electrons. The molecule has 0 saturated carbocycles. The fraction of sp³-hybridized carbons (Fsp3) is 0.0833. The van der Waals surface area contributed by atoms with E-state index >= 15 is 0 Å². The largest absolute Gasteiger partial charge is 0.370 e. The standard InChI is InChI=1S/C12H14FN7/c1-7-5-20(6-17-7)10-3-2-8(4-9(10)13)18-12(16)19-11(14)15/h2-6H,1H3,(H6,14,15,16,18,19). The molecule has 0 aliphatic heterocycles. The number of halogens is 1. The molecule has 6 N–H and O–H groups in total. The normalized spacial score (nSPS) is 11.4. The number of aromatic nitrogens is 2. The first-order valence-corrected chi connectivity index (χ1v) is 5.70. The predicted octanol–water partition coefficient (Wildman–Crippen LogP) is 0.539. The van der Waals surface area contributed by atoms with E-state index in [1.54, 1.807) is 22.9 Å². The van der Waals surface area contributed by atoms with E-state index in [0.29, 0.717) is 11.4 Å². The Kier molecular flexibility index (Phi) is 3.65. The molecule has 0 atom stereocenters. The Hall–Kier alpha value is -2.90. The number of hydrogen-bond acceptors (Lipinski definition) is 2. The number of benzene rings is 1. The summed E-state index contributed by atoms with van der Waals surface area (Å²) >= 11 is 0. The lowest BCUT2D eigenvalue weighted by atomic mass is 10.2. The van der Waals surface area contributed by atoms with E-state index in [9.17, 15) is 4.39 Å². The van der Waals surface area contributed by atoms with Gasteiger partial charge in [0.1, 0.15) is 5.82 Å². The minimum Gasteiger partial charge on any atom is -0.370 e. The van der Waals surface area contributed by atoms with Gasteiger partial charge in [0.15, 0.2) is 5.96 Å². The molecule has 2 aromatic rings. The van der Waals surface area contributed by atoms with Gasteiger partial charge in [0.25, 0.3) is 0 Å². The summed E-state index contributed by atoms with van der Waals surface area (Å²) in [6.07, 6.45) is 3.25. The number of aliphatic imine (C=N–C) groups is 2.